The van der Waals surface area contributed by atoms with Crippen molar-refractivity contribution in [1.29, 1.82) is 0 Å². The van der Waals surface area contributed by atoms with E-state index in [2.05, 4.69) is 22.0 Å². The molecule has 1 aliphatic heterocycles. The Bertz CT molecular complexity index is 651. The van der Waals surface area contributed by atoms with Crippen LogP contribution >= 0.6 is 15.9 Å². The summed E-state index contributed by atoms with van der Waals surface area (Å²) < 4.78 is 14.0. The van der Waals surface area contributed by atoms with Crippen LogP contribution in [0.25, 0.3) is 0 Å². The molecule has 0 radical (unpaired) electrons. The van der Waals surface area contributed by atoms with Crippen LogP contribution < -0.4 is 0 Å². The molecule has 102 valence electrons. The molecule has 2 aromatic rings. The van der Waals surface area contributed by atoms with E-state index in [0.29, 0.717) is 23.1 Å². The van der Waals surface area contributed by atoms with Gasteiger partial charge in [0.1, 0.15) is 5.82 Å². The van der Waals surface area contributed by atoms with E-state index in [1.54, 1.807) is 11.0 Å². The fourth-order valence-electron chi connectivity index (χ4n) is 2.53. The zero-order valence-electron chi connectivity index (χ0n) is 10.8. The van der Waals surface area contributed by atoms with Crippen molar-refractivity contribution in [3.8, 4) is 0 Å². The van der Waals surface area contributed by atoms with Crippen molar-refractivity contribution in [1.82, 2.24) is 4.90 Å². The number of benzene rings is 2. The first kappa shape index (κ1) is 13.3. The summed E-state index contributed by atoms with van der Waals surface area (Å²) in [7, 11) is 0. The summed E-state index contributed by atoms with van der Waals surface area (Å²) in [4.78, 5) is 14.2. The number of hydrogen-bond acceptors (Lipinski definition) is 1. The Morgan fingerprint density at radius 2 is 1.90 bits per heavy atom. The van der Waals surface area contributed by atoms with Crippen LogP contribution in [0.2, 0.25) is 0 Å². The molecule has 0 fully saturated rings. The topological polar surface area (TPSA) is 20.3 Å². The Morgan fingerprint density at radius 1 is 1.15 bits per heavy atom. The van der Waals surface area contributed by atoms with E-state index in [1.165, 1.54) is 23.3 Å². The minimum absolute atomic E-state index is 0.125. The predicted molar refractivity (Wildman–Crippen MR) is 79.0 cm³/mol. The lowest BCUT2D eigenvalue weighted by molar-refractivity contribution is 0.0734. The van der Waals surface area contributed by atoms with Gasteiger partial charge in [0.15, 0.2) is 0 Å². The van der Waals surface area contributed by atoms with Crippen molar-refractivity contribution in [2.75, 3.05) is 6.54 Å². The third-order valence-electron chi connectivity index (χ3n) is 3.53. The fraction of sp³-hybridized carbons (Fsp3) is 0.188. The first-order valence-electron chi connectivity index (χ1n) is 6.45. The van der Waals surface area contributed by atoms with Gasteiger partial charge in [-0.1, -0.05) is 40.2 Å². The highest BCUT2D eigenvalue weighted by Gasteiger charge is 2.22. The molecule has 0 aliphatic carbocycles. The van der Waals surface area contributed by atoms with E-state index in [4.69, 9.17) is 0 Å². The molecule has 4 heteroatoms. The molecule has 2 nitrogen and oxygen atoms in total. The Labute approximate surface area is 125 Å². The summed E-state index contributed by atoms with van der Waals surface area (Å²) in [5, 5.41) is 0. The molecule has 1 amide bonds. The molecule has 1 heterocycles. The summed E-state index contributed by atoms with van der Waals surface area (Å²) in [6.07, 6.45) is 0.846. The Hall–Kier alpha value is -1.68. The summed E-state index contributed by atoms with van der Waals surface area (Å²) in [6.45, 7) is 1.26. The van der Waals surface area contributed by atoms with Crippen molar-refractivity contribution >= 4 is 21.8 Å². The number of rotatable bonds is 1. The van der Waals surface area contributed by atoms with E-state index in [1.807, 2.05) is 18.2 Å². The van der Waals surface area contributed by atoms with Crippen molar-refractivity contribution in [3.63, 3.8) is 0 Å². The quantitative estimate of drug-likeness (QED) is 0.777. The van der Waals surface area contributed by atoms with E-state index in [0.717, 1.165) is 6.42 Å². The van der Waals surface area contributed by atoms with Crippen molar-refractivity contribution in [2.45, 2.75) is 13.0 Å². The van der Waals surface area contributed by atoms with Crippen LogP contribution in [0, 0.1) is 5.82 Å². The van der Waals surface area contributed by atoms with Gasteiger partial charge < -0.3 is 4.90 Å². The molecule has 0 bridgehead atoms. The highest BCUT2D eigenvalue weighted by Crippen LogP contribution is 2.22. The van der Waals surface area contributed by atoms with E-state index < -0.39 is 5.82 Å². The first-order chi connectivity index (χ1) is 9.63. The van der Waals surface area contributed by atoms with Crippen LogP contribution in [0.4, 0.5) is 4.39 Å². The van der Waals surface area contributed by atoms with Gasteiger partial charge in [-0.3, -0.25) is 4.79 Å². The Balaban J connectivity index is 1.86. The van der Waals surface area contributed by atoms with Gasteiger partial charge in [0.25, 0.3) is 5.91 Å². The maximum Gasteiger partial charge on any atom is 0.254 e. The lowest BCUT2D eigenvalue weighted by Crippen LogP contribution is -2.35. The highest BCUT2D eigenvalue weighted by molar-refractivity contribution is 9.10. The average Bonchev–Trinajstić information content (AvgIpc) is 2.45. The molecule has 0 saturated heterocycles. The molecule has 20 heavy (non-hydrogen) atoms. The number of amides is 1. The van der Waals surface area contributed by atoms with E-state index in [-0.39, 0.29) is 5.91 Å². The van der Waals surface area contributed by atoms with Crippen LogP contribution in [-0.4, -0.2) is 17.4 Å². The zero-order valence-corrected chi connectivity index (χ0v) is 12.4. The van der Waals surface area contributed by atoms with Crippen molar-refractivity contribution in [3.05, 3.63) is 69.4 Å². The maximum atomic E-state index is 13.4. The van der Waals surface area contributed by atoms with Gasteiger partial charge in [0, 0.05) is 23.1 Å². The predicted octanol–water partition coefficient (Wildman–Crippen LogP) is 3.79. The SMILES string of the molecule is O=C(c1cc(F)cc(Br)c1)N1CCc2ccccc2C1. The number of carbonyl (C=O) groups is 1. The number of hydrogen-bond donors (Lipinski definition) is 0. The van der Waals surface area contributed by atoms with E-state index in [9.17, 15) is 9.18 Å². The molecular weight excluding hydrogens is 321 g/mol. The number of halogens is 2. The standard InChI is InChI=1S/C16H13BrFNO/c17-14-7-13(8-15(18)9-14)16(20)19-6-5-11-3-1-2-4-12(11)10-19/h1-4,7-9H,5-6,10H2. The first-order valence-corrected chi connectivity index (χ1v) is 7.25. The van der Waals surface area contributed by atoms with Gasteiger partial charge in [0.05, 0.1) is 0 Å². The Morgan fingerprint density at radius 3 is 2.65 bits per heavy atom. The third kappa shape index (κ3) is 2.61. The normalized spacial score (nSPS) is 14.0. The van der Waals surface area contributed by atoms with Crippen LogP contribution in [0.1, 0.15) is 21.5 Å². The molecule has 0 saturated carbocycles. The van der Waals surface area contributed by atoms with Crippen molar-refractivity contribution < 1.29 is 9.18 Å². The van der Waals surface area contributed by atoms with Gasteiger partial charge in [-0.05, 0) is 35.7 Å². The van der Waals surface area contributed by atoms with Crippen LogP contribution in [0.5, 0.6) is 0 Å². The van der Waals surface area contributed by atoms with Gasteiger partial charge in [-0.25, -0.2) is 4.39 Å². The molecular formula is C16H13BrFNO. The Kier molecular flexibility index (Phi) is 3.57. The van der Waals surface area contributed by atoms with Crippen LogP contribution in [0.3, 0.4) is 0 Å². The van der Waals surface area contributed by atoms with Crippen LogP contribution in [-0.2, 0) is 13.0 Å². The number of fused-ring (bicyclic) bond motifs is 1. The lowest BCUT2D eigenvalue weighted by atomic mass is 9.99. The minimum Gasteiger partial charge on any atom is -0.334 e. The van der Waals surface area contributed by atoms with Crippen LogP contribution in [0.15, 0.2) is 46.9 Å². The lowest BCUT2D eigenvalue weighted by Gasteiger charge is -2.29. The molecule has 0 atom stereocenters. The monoisotopic (exact) mass is 333 g/mol. The van der Waals surface area contributed by atoms with Gasteiger partial charge in [-0.15, -0.1) is 0 Å². The second kappa shape index (κ2) is 5.37. The summed E-state index contributed by atoms with van der Waals surface area (Å²) in [5.41, 5.74) is 2.84. The molecule has 0 N–H and O–H groups in total. The van der Waals surface area contributed by atoms with Gasteiger partial charge in [-0.2, -0.15) is 0 Å². The summed E-state index contributed by atoms with van der Waals surface area (Å²) >= 11 is 3.22. The molecule has 0 spiro atoms. The molecule has 2 aromatic carbocycles. The number of nitrogens with zero attached hydrogens (tertiary/aromatic N) is 1. The summed E-state index contributed by atoms with van der Waals surface area (Å²) in [6, 6.07) is 12.4. The second-order valence-corrected chi connectivity index (χ2v) is 5.82. The molecule has 0 unspecified atom stereocenters. The van der Waals surface area contributed by atoms with E-state index >= 15 is 0 Å². The molecule has 3 rings (SSSR count). The minimum atomic E-state index is -0.403. The maximum absolute atomic E-state index is 13.4. The molecule has 0 aromatic heterocycles. The second-order valence-electron chi connectivity index (χ2n) is 4.90. The average molecular weight is 334 g/mol. The largest absolute Gasteiger partial charge is 0.334 e. The molecule has 1 aliphatic rings. The zero-order chi connectivity index (χ0) is 14.1. The summed E-state index contributed by atoms with van der Waals surface area (Å²) in [5.74, 6) is -0.528. The van der Waals surface area contributed by atoms with Gasteiger partial charge in [0.2, 0.25) is 0 Å². The smallest absolute Gasteiger partial charge is 0.254 e. The van der Waals surface area contributed by atoms with Gasteiger partial charge >= 0.3 is 0 Å². The van der Waals surface area contributed by atoms with Crippen molar-refractivity contribution in [2.24, 2.45) is 0 Å². The fourth-order valence-corrected chi connectivity index (χ4v) is 2.99. The number of carbonyl (C=O) groups excluding carboxylic acids is 1. The third-order valence-corrected chi connectivity index (χ3v) is 3.99. The highest BCUT2D eigenvalue weighted by atomic mass is 79.9.